The van der Waals surface area contributed by atoms with E-state index in [-0.39, 0.29) is 23.6 Å². The molecule has 2 aliphatic heterocycles. The molecule has 0 bridgehead atoms. The number of ether oxygens (including phenoxy) is 1. The number of pyridine rings is 1. The summed E-state index contributed by atoms with van der Waals surface area (Å²) in [4.78, 5) is 27.5. The number of aliphatic hydroxyl groups excluding tert-OH is 1. The number of halogens is 3. The lowest BCUT2D eigenvalue weighted by Crippen LogP contribution is -2.39. The van der Waals surface area contributed by atoms with Crippen LogP contribution in [0.2, 0.25) is 0 Å². The molecule has 1 spiro atoms. The molecule has 1 unspecified atom stereocenters. The van der Waals surface area contributed by atoms with Crippen molar-refractivity contribution in [3.8, 4) is 0 Å². The van der Waals surface area contributed by atoms with Gasteiger partial charge in [0.2, 0.25) is 0 Å². The minimum Gasteiger partial charge on any atom is -0.396 e. The van der Waals surface area contributed by atoms with E-state index >= 15 is 0 Å². The number of likely N-dealkylation sites (tertiary alicyclic amines) is 1. The summed E-state index contributed by atoms with van der Waals surface area (Å²) < 4.78 is 43.1. The molecule has 0 aromatic carbocycles. The van der Waals surface area contributed by atoms with Crippen molar-refractivity contribution in [1.29, 1.82) is 0 Å². The molecule has 2 amide bonds. The molecule has 26 heavy (non-hydrogen) atoms. The van der Waals surface area contributed by atoms with E-state index in [2.05, 4.69) is 5.32 Å². The molecular weight excluding hydrogens is 355 g/mol. The number of H-pyrrole nitrogens is 1. The number of rotatable bonds is 2. The van der Waals surface area contributed by atoms with Crippen LogP contribution in [0.25, 0.3) is 0 Å². The Bertz CT molecular complexity index is 728. The lowest BCUT2D eigenvalue weighted by atomic mass is 9.72. The lowest BCUT2D eigenvalue weighted by Gasteiger charge is -2.37. The third kappa shape index (κ3) is 3.56. The quantitative estimate of drug-likeness (QED) is 0.733. The average molecular weight is 375 g/mol. The molecule has 2 fully saturated rings. The molecule has 3 N–H and O–H groups in total. The van der Waals surface area contributed by atoms with Gasteiger partial charge in [-0.25, -0.2) is 4.79 Å². The van der Waals surface area contributed by atoms with Crippen LogP contribution in [-0.2, 0) is 10.9 Å². The molecule has 2 aliphatic rings. The molecule has 3 heterocycles. The maximum Gasteiger partial charge on any atom is 0.431 e. The van der Waals surface area contributed by atoms with E-state index in [1.54, 1.807) is 4.98 Å². The fourth-order valence-corrected chi connectivity index (χ4v) is 3.72. The number of nitrogens with zero attached hydrogens (tertiary/aromatic N) is 1. The summed E-state index contributed by atoms with van der Waals surface area (Å²) in [5.74, 6) is -0.0944. The van der Waals surface area contributed by atoms with Crippen LogP contribution < -0.4 is 10.9 Å². The van der Waals surface area contributed by atoms with Crippen LogP contribution >= 0.6 is 0 Å². The van der Waals surface area contributed by atoms with Crippen molar-refractivity contribution in [3.05, 3.63) is 28.2 Å². The highest BCUT2D eigenvalue weighted by Crippen LogP contribution is 2.44. The van der Waals surface area contributed by atoms with Gasteiger partial charge in [0.1, 0.15) is 11.4 Å². The molecule has 1 atom stereocenters. The second-order valence-corrected chi connectivity index (χ2v) is 6.78. The monoisotopic (exact) mass is 375 g/mol. The molecule has 10 heteroatoms. The summed E-state index contributed by atoms with van der Waals surface area (Å²) in [5, 5.41) is 12.0. The van der Waals surface area contributed by atoms with Gasteiger partial charge in [0.25, 0.3) is 5.56 Å². The molecule has 7 nitrogen and oxygen atoms in total. The number of urea groups is 1. The Labute approximate surface area is 147 Å². The smallest absolute Gasteiger partial charge is 0.396 e. The zero-order valence-corrected chi connectivity index (χ0v) is 13.9. The minimum atomic E-state index is -4.67. The first-order valence-electron chi connectivity index (χ1n) is 8.30. The second kappa shape index (κ2) is 6.92. The van der Waals surface area contributed by atoms with Crippen LogP contribution in [0.4, 0.5) is 23.7 Å². The summed E-state index contributed by atoms with van der Waals surface area (Å²) in [5.41, 5.74) is -2.68. The molecule has 0 aliphatic carbocycles. The Morgan fingerprint density at radius 2 is 2.08 bits per heavy atom. The van der Waals surface area contributed by atoms with E-state index in [0.29, 0.717) is 32.4 Å². The van der Waals surface area contributed by atoms with Gasteiger partial charge in [-0.2, -0.15) is 13.2 Å². The SMILES string of the molecule is O=C(Nc1ccc(C(F)(F)F)[nH]c1=O)N1CC(CO)C2(CCOCC2)C1. The zero-order chi connectivity index (χ0) is 18.9. The van der Waals surface area contributed by atoms with E-state index in [1.807, 2.05) is 0 Å². The van der Waals surface area contributed by atoms with Gasteiger partial charge in [-0.05, 0) is 30.4 Å². The van der Waals surface area contributed by atoms with Crippen LogP contribution in [0.5, 0.6) is 0 Å². The molecular formula is C16H20F3N3O4. The number of carbonyl (C=O) groups is 1. The van der Waals surface area contributed by atoms with Gasteiger partial charge in [0, 0.05) is 38.8 Å². The van der Waals surface area contributed by atoms with E-state index in [1.165, 1.54) is 4.90 Å². The van der Waals surface area contributed by atoms with E-state index in [4.69, 9.17) is 4.74 Å². The Balaban J connectivity index is 1.72. The average Bonchev–Trinajstić information content (AvgIpc) is 2.94. The zero-order valence-electron chi connectivity index (χ0n) is 13.9. The number of anilines is 1. The molecule has 2 saturated heterocycles. The summed E-state index contributed by atoms with van der Waals surface area (Å²) >= 11 is 0. The van der Waals surface area contributed by atoms with E-state index < -0.39 is 23.5 Å². The Morgan fingerprint density at radius 3 is 2.65 bits per heavy atom. The van der Waals surface area contributed by atoms with Gasteiger partial charge in [-0.3, -0.25) is 4.79 Å². The van der Waals surface area contributed by atoms with Crippen LogP contribution in [-0.4, -0.2) is 53.9 Å². The summed E-state index contributed by atoms with van der Waals surface area (Å²) in [7, 11) is 0. The predicted octanol–water partition coefficient (Wildman–Crippen LogP) is 1.65. The van der Waals surface area contributed by atoms with Gasteiger partial charge in [-0.1, -0.05) is 0 Å². The number of hydrogen-bond acceptors (Lipinski definition) is 4. The Morgan fingerprint density at radius 1 is 1.38 bits per heavy atom. The van der Waals surface area contributed by atoms with Crippen LogP contribution in [0.1, 0.15) is 18.5 Å². The number of aromatic amines is 1. The van der Waals surface area contributed by atoms with Gasteiger partial charge in [0.05, 0.1) is 0 Å². The second-order valence-electron chi connectivity index (χ2n) is 6.78. The normalized spacial score (nSPS) is 22.6. The Kier molecular flexibility index (Phi) is 4.98. The predicted molar refractivity (Wildman–Crippen MR) is 85.7 cm³/mol. The minimum absolute atomic E-state index is 0.0648. The molecule has 0 saturated carbocycles. The van der Waals surface area contributed by atoms with Gasteiger partial charge in [0.15, 0.2) is 0 Å². The number of carbonyl (C=O) groups excluding carboxylic acids is 1. The van der Waals surface area contributed by atoms with Crippen LogP contribution in [0.15, 0.2) is 16.9 Å². The topological polar surface area (TPSA) is 94.7 Å². The fraction of sp³-hybridized carbons (Fsp3) is 0.625. The highest BCUT2D eigenvalue weighted by Gasteiger charge is 2.48. The fourth-order valence-electron chi connectivity index (χ4n) is 3.72. The number of amides is 2. The lowest BCUT2D eigenvalue weighted by molar-refractivity contribution is -0.141. The molecule has 1 aromatic heterocycles. The largest absolute Gasteiger partial charge is 0.431 e. The third-order valence-electron chi connectivity index (χ3n) is 5.27. The maximum atomic E-state index is 12.6. The van der Waals surface area contributed by atoms with Gasteiger partial charge >= 0.3 is 12.2 Å². The van der Waals surface area contributed by atoms with Crippen molar-refractivity contribution in [2.75, 3.05) is 38.2 Å². The number of hydrogen-bond donors (Lipinski definition) is 3. The summed E-state index contributed by atoms with van der Waals surface area (Å²) in [6.45, 7) is 1.78. The summed E-state index contributed by atoms with van der Waals surface area (Å²) in [6, 6.07) is 1.07. The first kappa shape index (κ1) is 18.7. The number of aliphatic hydroxyl groups is 1. The summed E-state index contributed by atoms with van der Waals surface area (Å²) in [6.07, 6.45) is -3.22. The maximum absolute atomic E-state index is 12.6. The Hall–Kier alpha value is -2.07. The van der Waals surface area contributed by atoms with Crippen LogP contribution in [0.3, 0.4) is 0 Å². The van der Waals surface area contributed by atoms with Crippen molar-refractivity contribution >= 4 is 11.7 Å². The molecule has 0 radical (unpaired) electrons. The highest BCUT2D eigenvalue weighted by atomic mass is 19.4. The molecule has 1 aromatic rings. The van der Waals surface area contributed by atoms with Gasteiger partial charge < -0.3 is 25.0 Å². The van der Waals surface area contributed by atoms with Crippen molar-refractivity contribution in [2.45, 2.75) is 19.0 Å². The van der Waals surface area contributed by atoms with Crippen molar-refractivity contribution < 1.29 is 27.8 Å². The van der Waals surface area contributed by atoms with Crippen LogP contribution in [0, 0.1) is 11.3 Å². The number of alkyl halides is 3. The molecule has 3 rings (SSSR count). The van der Waals surface area contributed by atoms with Gasteiger partial charge in [-0.15, -0.1) is 0 Å². The third-order valence-corrected chi connectivity index (χ3v) is 5.27. The highest BCUT2D eigenvalue weighted by molar-refractivity contribution is 5.89. The molecule has 144 valence electrons. The van der Waals surface area contributed by atoms with E-state index in [9.17, 15) is 27.9 Å². The number of aromatic nitrogens is 1. The van der Waals surface area contributed by atoms with Crippen molar-refractivity contribution in [1.82, 2.24) is 9.88 Å². The number of nitrogens with one attached hydrogen (secondary N) is 2. The van der Waals surface area contributed by atoms with Crippen molar-refractivity contribution in [2.24, 2.45) is 11.3 Å². The standard InChI is InChI=1S/C16H20F3N3O4/c17-16(18,19)12-2-1-11(13(24)21-12)20-14(25)22-7-10(8-23)15(9-22)3-5-26-6-4-15/h1-2,10,23H,3-9H2,(H,20,25)(H,21,24). The first-order chi connectivity index (χ1) is 12.2. The van der Waals surface area contributed by atoms with Crippen molar-refractivity contribution in [3.63, 3.8) is 0 Å². The van der Waals surface area contributed by atoms with E-state index in [0.717, 1.165) is 18.9 Å². The first-order valence-corrected chi connectivity index (χ1v) is 8.30.